The van der Waals surface area contributed by atoms with E-state index in [1.54, 1.807) is 25.1 Å². The highest BCUT2D eigenvalue weighted by Gasteiger charge is 2.17. The SMILES string of the molecule is Cc1nnc(NC(=O)C(C)Oc2ccc(Cl)cc2Br)s1. The number of anilines is 1. The van der Waals surface area contributed by atoms with E-state index in [0.29, 0.717) is 20.4 Å². The van der Waals surface area contributed by atoms with Crippen LogP contribution in [0.3, 0.4) is 0 Å². The van der Waals surface area contributed by atoms with Gasteiger partial charge in [0.1, 0.15) is 10.8 Å². The van der Waals surface area contributed by atoms with Crippen molar-refractivity contribution in [1.82, 2.24) is 10.2 Å². The van der Waals surface area contributed by atoms with E-state index in [4.69, 9.17) is 16.3 Å². The number of carbonyl (C=O) groups is 1. The fourth-order valence-corrected chi connectivity index (χ4v) is 2.74. The third kappa shape index (κ3) is 3.91. The molecule has 0 aliphatic carbocycles. The minimum absolute atomic E-state index is 0.289. The first-order valence-electron chi connectivity index (χ1n) is 5.68. The van der Waals surface area contributed by atoms with E-state index in [2.05, 4.69) is 31.4 Å². The number of aryl methyl sites for hydroxylation is 1. The number of carbonyl (C=O) groups excluding carboxylic acids is 1. The lowest BCUT2D eigenvalue weighted by molar-refractivity contribution is -0.122. The minimum Gasteiger partial charge on any atom is -0.480 e. The third-order valence-electron chi connectivity index (χ3n) is 2.32. The molecule has 1 amide bonds. The summed E-state index contributed by atoms with van der Waals surface area (Å²) in [5, 5.41) is 12.1. The molecule has 20 heavy (non-hydrogen) atoms. The van der Waals surface area contributed by atoms with Crippen LogP contribution >= 0.6 is 38.9 Å². The summed E-state index contributed by atoms with van der Waals surface area (Å²) >= 11 is 10.5. The first-order valence-corrected chi connectivity index (χ1v) is 7.67. The van der Waals surface area contributed by atoms with Crippen molar-refractivity contribution in [2.24, 2.45) is 0 Å². The summed E-state index contributed by atoms with van der Waals surface area (Å²) in [4.78, 5) is 12.0. The normalized spacial score (nSPS) is 12.0. The van der Waals surface area contributed by atoms with Crippen molar-refractivity contribution in [1.29, 1.82) is 0 Å². The monoisotopic (exact) mass is 375 g/mol. The number of hydrogen-bond donors (Lipinski definition) is 1. The Bertz CT molecular complexity index is 635. The van der Waals surface area contributed by atoms with Crippen LogP contribution in [0.5, 0.6) is 5.75 Å². The molecule has 2 rings (SSSR count). The number of benzene rings is 1. The molecule has 0 saturated carbocycles. The van der Waals surface area contributed by atoms with Gasteiger partial charge in [-0.05, 0) is 48.0 Å². The summed E-state index contributed by atoms with van der Waals surface area (Å²) in [5.41, 5.74) is 0. The lowest BCUT2D eigenvalue weighted by Crippen LogP contribution is -2.30. The number of amides is 1. The first-order chi connectivity index (χ1) is 9.45. The average molecular weight is 377 g/mol. The molecular weight excluding hydrogens is 366 g/mol. The number of hydrogen-bond acceptors (Lipinski definition) is 5. The molecule has 1 atom stereocenters. The Morgan fingerprint density at radius 1 is 1.50 bits per heavy atom. The molecule has 0 radical (unpaired) electrons. The predicted octanol–water partition coefficient (Wildman–Crippen LogP) is 3.67. The van der Waals surface area contributed by atoms with Crippen LogP contribution in [0, 0.1) is 6.92 Å². The molecule has 1 aromatic heterocycles. The Kier molecular flexibility index (Phi) is 4.95. The van der Waals surface area contributed by atoms with Gasteiger partial charge in [-0.3, -0.25) is 10.1 Å². The predicted molar refractivity (Wildman–Crippen MR) is 82.5 cm³/mol. The van der Waals surface area contributed by atoms with Gasteiger partial charge in [-0.25, -0.2) is 0 Å². The van der Waals surface area contributed by atoms with Crippen LogP contribution in [0.1, 0.15) is 11.9 Å². The van der Waals surface area contributed by atoms with E-state index in [1.165, 1.54) is 11.3 Å². The molecule has 0 saturated heterocycles. The van der Waals surface area contributed by atoms with Crippen LogP contribution in [0.2, 0.25) is 5.02 Å². The third-order valence-corrected chi connectivity index (χ3v) is 3.93. The molecule has 0 aliphatic heterocycles. The van der Waals surface area contributed by atoms with Crippen LogP contribution in [0.25, 0.3) is 0 Å². The second kappa shape index (κ2) is 6.51. The molecule has 0 spiro atoms. The molecule has 5 nitrogen and oxygen atoms in total. The maximum Gasteiger partial charge on any atom is 0.266 e. The summed E-state index contributed by atoms with van der Waals surface area (Å²) in [5.74, 6) is 0.258. The van der Waals surface area contributed by atoms with Gasteiger partial charge in [-0.1, -0.05) is 22.9 Å². The van der Waals surface area contributed by atoms with Crippen LogP contribution in [0.4, 0.5) is 5.13 Å². The Labute approximate surface area is 133 Å². The Morgan fingerprint density at radius 3 is 2.85 bits per heavy atom. The zero-order valence-electron chi connectivity index (χ0n) is 10.7. The number of rotatable bonds is 4. The van der Waals surface area contributed by atoms with E-state index < -0.39 is 6.10 Å². The summed E-state index contributed by atoms with van der Waals surface area (Å²) < 4.78 is 6.27. The second-order valence-electron chi connectivity index (χ2n) is 3.95. The molecule has 0 bridgehead atoms. The largest absolute Gasteiger partial charge is 0.480 e. The van der Waals surface area contributed by atoms with Gasteiger partial charge in [0.25, 0.3) is 5.91 Å². The Balaban J connectivity index is 2.00. The fraction of sp³-hybridized carbons (Fsp3) is 0.250. The molecular formula is C12H11BrClN3O2S. The molecule has 0 aliphatic rings. The summed E-state index contributed by atoms with van der Waals surface area (Å²) in [6, 6.07) is 5.10. The Morgan fingerprint density at radius 2 is 2.25 bits per heavy atom. The van der Waals surface area contributed by atoms with Crippen molar-refractivity contribution >= 4 is 49.9 Å². The van der Waals surface area contributed by atoms with E-state index in [0.717, 1.165) is 5.01 Å². The van der Waals surface area contributed by atoms with Gasteiger partial charge >= 0.3 is 0 Å². The lowest BCUT2D eigenvalue weighted by atomic mass is 10.3. The molecule has 1 aromatic carbocycles. The van der Waals surface area contributed by atoms with E-state index in [1.807, 2.05) is 6.92 Å². The molecule has 0 fully saturated rings. The van der Waals surface area contributed by atoms with Gasteiger partial charge in [0, 0.05) is 5.02 Å². The molecule has 2 aromatic rings. The second-order valence-corrected chi connectivity index (χ2v) is 6.42. The van der Waals surface area contributed by atoms with Crippen LogP contribution in [0.15, 0.2) is 22.7 Å². The van der Waals surface area contributed by atoms with Gasteiger partial charge in [0.15, 0.2) is 6.10 Å². The molecule has 8 heteroatoms. The number of aromatic nitrogens is 2. The number of halogens is 2. The molecule has 1 heterocycles. The standard InChI is InChI=1S/C12H11BrClN3O2S/c1-6(11(18)15-12-17-16-7(2)20-12)19-10-4-3-8(14)5-9(10)13/h3-6H,1-2H3,(H,15,17,18). The maximum absolute atomic E-state index is 12.0. The Hall–Kier alpha value is -1.18. The number of nitrogens with zero attached hydrogens (tertiary/aromatic N) is 2. The highest BCUT2D eigenvalue weighted by molar-refractivity contribution is 9.10. The van der Waals surface area contributed by atoms with Gasteiger partial charge in [0.05, 0.1) is 4.47 Å². The highest BCUT2D eigenvalue weighted by Crippen LogP contribution is 2.28. The maximum atomic E-state index is 12.0. The average Bonchev–Trinajstić information content (AvgIpc) is 2.78. The van der Waals surface area contributed by atoms with Gasteiger partial charge in [0.2, 0.25) is 5.13 Å². The van der Waals surface area contributed by atoms with E-state index >= 15 is 0 Å². The van der Waals surface area contributed by atoms with Gasteiger partial charge in [-0.15, -0.1) is 10.2 Å². The van der Waals surface area contributed by atoms with Crippen molar-refractivity contribution in [3.8, 4) is 5.75 Å². The number of ether oxygens (including phenoxy) is 1. The summed E-state index contributed by atoms with van der Waals surface area (Å²) in [6.45, 7) is 3.47. The minimum atomic E-state index is -0.670. The van der Waals surface area contributed by atoms with Crippen LogP contribution < -0.4 is 10.1 Å². The van der Waals surface area contributed by atoms with Gasteiger partial charge in [-0.2, -0.15) is 0 Å². The smallest absolute Gasteiger partial charge is 0.266 e. The lowest BCUT2D eigenvalue weighted by Gasteiger charge is -2.14. The molecule has 106 valence electrons. The number of nitrogens with one attached hydrogen (secondary N) is 1. The van der Waals surface area contributed by atoms with Crippen molar-refractivity contribution in [2.45, 2.75) is 20.0 Å². The molecule has 1 N–H and O–H groups in total. The van der Waals surface area contributed by atoms with Gasteiger partial charge < -0.3 is 4.74 Å². The van der Waals surface area contributed by atoms with E-state index in [-0.39, 0.29) is 5.91 Å². The van der Waals surface area contributed by atoms with Crippen molar-refractivity contribution in [3.05, 3.63) is 32.7 Å². The van der Waals surface area contributed by atoms with Crippen LogP contribution in [-0.2, 0) is 4.79 Å². The van der Waals surface area contributed by atoms with Crippen LogP contribution in [-0.4, -0.2) is 22.2 Å². The zero-order valence-corrected chi connectivity index (χ0v) is 13.8. The summed E-state index contributed by atoms with van der Waals surface area (Å²) in [6.07, 6.45) is -0.670. The zero-order chi connectivity index (χ0) is 14.7. The fourth-order valence-electron chi connectivity index (χ4n) is 1.37. The summed E-state index contributed by atoms with van der Waals surface area (Å²) in [7, 11) is 0. The quantitative estimate of drug-likeness (QED) is 0.884. The highest BCUT2D eigenvalue weighted by atomic mass is 79.9. The van der Waals surface area contributed by atoms with E-state index in [9.17, 15) is 4.79 Å². The van der Waals surface area contributed by atoms with Crippen molar-refractivity contribution in [2.75, 3.05) is 5.32 Å². The molecule has 1 unspecified atom stereocenters. The first kappa shape index (κ1) is 15.2. The topological polar surface area (TPSA) is 64.1 Å². The van der Waals surface area contributed by atoms with Crippen molar-refractivity contribution < 1.29 is 9.53 Å². The van der Waals surface area contributed by atoms with Crippen molar-refractivity contribution in [3.63, 3.8) is 0 Å².